The number of nitrogens with zero attached hydrogens (tertiary/aromatic N) is 5. The molecule has 2 fully saturated rings. The highest BCUT2D eigenvalue weighted by Gasteiger charge is 2.26. The second kappa shape index (κ2) is 11.0. The first-order valence-electron chi connectivity index (χ1n) is 12.9. The Morgan fingerprint density at radius 3 is 2.51 bits per heavy atom. The van der Waals surface area contributed by atoms with Crippen LogP contribution in [0.4, 0.5) is 10.5 Å². The number of hydrogen-bond donors (Lipinski definition) is 1. The number of urea groups is 1. The SMILES string of the molecule is CC(C)NC(=O)N1CCN(SN(C)c2ccc3c(c2)nc(C(C)(C)C)n3CC2CCOCC2)CC1. The van der Waals surface area contributed by atoms with Crippen molar-refractivity contribution < 1.29 is 9.53 Å². The number of fused-ring (bicyclic) bond motifs is 1. The fourth-order valence-electron chi connectivity index (χ4n) is 4.79. The van der Waals surface area contributed by atoms with Gasteiger partial charge in [-0.1, -0.05) is 20.8 Å². The van der Waals surface area contributed by atoms with Gasteiger partial charge in [0.25, 0.3) is 0 Å². The van der Waals surface area contributed by atoms with Crippen LogP contribution in [0.2, 0.25) is 0 Å². The molecule has 9 heteroatoms. The summed E-state index contributed by atoms with van der Waals surface area (Å²) >= 11 is 1.71. The molecule has 1 aromatic carbocycles. The summed E-state index contributed by atoms with van der Waals surface area (Å²) in [6.45, 7) is 16.6. The predicted molar refractivity (Wildman–Crippen MR) is 145 cm³/mol. The molecule has 8 nitrogen and oxygen atoms in total. The lowest BCUT2D eigenvalue weighted by atomic mass is 9.94. The molecule has 0 saturated carbocycles. The molecule has 0 aliphatic carbocycles. The smallest absolute Gasteiger partial charge is 0.317 e. The Bertz CT molecular complexity index is 1000. The van der Waals surface area contributed by atoms with E-state index in [4.69, 9.17) is 9.72 Å². The number of carbonyl (C=O) groups excluding carboxylic acids is 1. The van der Waals surface area contributed by atoms with Gasteiger partial charge in [-0.3, -0.25) is 0 Å². The molecular weight excluding hydrogens is 460 g/mol. The highest BCUT2D eigenvalue weighted by Crippen LogP contribution is 2.32. The van der Waals surface area contributed by atoms with Crippen LogP contribution in [-0.4, -0.2) is 77.3 Å². The molecule has 0 spiro atoms. The van der Waals surface area contributed by atoms with E-state index >= 15 is 0 Å². The molecule has 2 amide bonds. The van der Waals surface area contributed by atoms with Crippen LogP contribution in [0.25, 0.3) is 11.0 Å². The normalized spacial score (nSPS) is 18.4. The van der Waals surface area contributed by atoms with Crippen LogP contribution >= 0.6 is 12.1 Å². The highest BCUT2D eigenvalue weighted by atomic mass is 32.2. The van der Waals surface area contributed by atoms with Crippen LogP contribution in [0.15, 0.2) is 18.2 Å². The van der Waals surface area contributed by atoms with E-state index in [1.54, 1.807) is 12.1 Å². The maximum Gasteiger partial charge on any atom is 0.317 e. The van der Waals surface area contributed by atoms with E-state index in [0.717, 1.165) is 75.8 Å². The molecule has 2 aliphatic heterocycles. The fraction of sp³-hybridized carbons (Fsp3) is 0.692. The van der Waals surface area contributed by atoms with Crippen molar-refractivity contribution in [2.45, 2.75) is 65.5 Å². The average molecular weight is 503 g/mol. The summed E-state index contributed by atoms with van der Waals surface area (Å²) in [5.41, 5.74) is 3.39. The van der Waals surface area contributed by atoms with E-state index in [1.807, 2.05) is 18.7 Å². The van der Waals surface area contributed by atoms with E-state index in [1.165, 1.54) is 5.52 Å². The van der Waals surface area contributed by atoms with Crippen LogP contribution in [0.3, 0.4) is 0 Å². The largest absolute Gasteiger partial charge is 0.381 e. The second-order valence-corrected chi connectivity index (χ2v) is 12.4. The van der Waals surface area contributed by atoms with Crippen LogP contribution < -0.4 is 9.62 Å². The van der Waals surface area contributed by atoms with Gasteiger partial charge in [0, 0.05) is 76.6 Å². The minimum atomic E-state index is -0.0213. The van der Waals surface area contributed by atoms with Crippen LogP contribution in [-0.2, 0) is 16.7 Å². The van der Waals surface area contributed by atoms with Crippen molar-refractivity contribution in [2.24, 2.45) is 5.92 Å². The molecule has 1 N–H and O–H groups in total. The quantitative estimate of drug-likeness (QED) is 0.587. The summed E-state index contributed by atoms with van der Waals surface area (Å²) in [6, 6.07) is 6.85. The van der Waals surface area contributed by atoms with E-state index in [2.05, 4.69) is 64.5 Å². The Balaban J connectivity index is 1.45. The van der Waals surface area contributed by atoms with Crippen LogP contribution in [0.1, 0.15) is 53.3 Å². The lowest BCUT2D eigenvalue weighted by Gasteiger charge is -2.36. The minimum absolute atomic E-state index is 0.0213. The molecule has 0 atom stereocenters. The van der Waals surface area contributed by atoms with Gasteiger partial charge in [-0.05, 0) is 50.8 Å². The molecule has 0 radical (unpaired) electrons. The standard InChI is InChI=1S/C26H42N6O2S/c1-19(2)27-25(33)30-11-13-31(14-12-30)35-29(6)21-7-8-23-22(17-21)28-24(26(3,4)5)32(23)18-20-9-15-34-16-10-20/h7-8,17,19-20H,9-16,18H2,1-6H3,(H,27,33). The molecule has 0 bridgehead atoms. The number of amides is 2. The third kappa shape index (κ3) is 6.43. The zero-order chi connectivity index (χ0) is 25.2. The van der Waals surface area contributed by atoms with Crippen LogP contribution in [0, 0.1) is 5.92 Å². The summed E-state index contributed by atoms with van der Waals surface area (Å²) in [5.74, 6) is 1.80. The maximum absolute atomic E-state index is 12.3. The Labute approximate surface area is 214 Å². The van der Waals surface area contributed by atoms with Gasteiger partial charge in [0.05, 0.1) is 16.7 Å². The topological polar surface area (TPSA) is 65.9 Å². The second-order valence-electron chi connectivity index (χ2n) is 11.1. The van der Waals surface area contributed by atoms with Crippen molar-refractivity contribution in [3.05, 3.63) is 24.0 Å². The number of nitrogens with one attached hydrogen (secondary N) is 1. The van der Waals surface area contributed by atoms with Crippen LogP contribution in [0.5, 0.6) is 0 Å². The number of carbonyl (C=O) groups is 1. The summed E-state index contributed by atoms with van der Waals surface area (Å²) in [7, 11) is 2.10. The molecule has 1 aromatic heterocycles. The molecule has 2 aromatic rings. The first-order chi connectivity index (χ1) is 16.6. The van der Waals surface area contributed by atoms with Gasteiger partial charge in [0.2, 0.25) is 0 Å². The van der Waals surface area contributed by atoms with Crippen molar-refractivity contribution in [2.75, 3.05) is 50.7 Å². The summed E-state index contributed by atoms with van der Waals surface area (Å²) < 4.78 is 12.6. The van der Waals surface area contributed by atoms with Crippen molar-refractivity contribution in [1.29, 1.82) is 0 Å². The monoisotopic (exact) mass is 502 g/mol. The van der Waals surface area contributed by atoms with Gasteiger partial charge >= 0.3 is 6.03 Å². The molecule has 3 heterocycles. The van der Waals surface area contributed by atoms with Crippen molar-refractivity contribution in [3.8, 4) is 0 Å². The van der Waals surface area contributed by atoms with E-state index < -0.39 is 0 Å². The number of benzene rings is 1. The van der Waals surface area contributed by atoms with E-state index in [9.17, 15) is 4.79 Å². The molecule has 4 rings (SSSR count). The number of rotatable bonds is 6. The van der Waals surface area contributed by atoms with Gasteiger partial charge in [-0.15, -0.1) is 0 Å². The average Bonchev–Trinajstić information content (AvgIpc) is 3.18. The minimum Gasteiger partial charge on any atom is -0.381 e. The third-order valence-electron chi connectivity index (χ3n) is 6.72. The number of aromatic nitrogens is 2. The number of hydrogen-bond acceptors (Lipinski definition) is 6. The maximum atomic E-state index is 12.3. The third-order valence-corrected chi connectivity index (χ3v) is 7.78. The number of piperazine rings is 1. The summed E-state index contributed by atoms with van der Waals surface area (Å²) in [6.07, 6.45) is 2.24. The van der Waals surface area contributed by atoms with E-state index in [-0.39, 0.29) is 17.5 Å². The molecular formula is C26H42N6O2S. The van der Waals surface area contributed by atoms with Gasteiger partial charge in [-0.25, -0.2) is 14.1 Å². The lowest BCUT2D eigenvalue weighted by molar-refractivity contribution is 0.0611. The Morgan fingerprint density at radius 2 is 1.89 bits per heavy atom. The van der Waals surface area contributed by atoms with Crippen molar-refractivity contribution in [1.82, 2.24) is 24.1 Å². The first kappa shape index (κ1) is 26.1. The lowest BCUT2D eigenvalue weighted by Crippen LogP contribution is -2.51. The zero-order valence-corrected chi connectivity index (χ0v) is 23.0. The molecule has 2 aliphatic rings. The number of ether oxygens (including phenoxy) is 1. The molecule has 0 unspecified atom stereocenters. The molecule has 194 valence electrons. The fourth-order valence-corrected chi connectivity index (χ4v) is 5.67. The zero-order valence-electron chi connectivity index (χ0n) is 22.2. The van der Waals surface area contributed by atoms with E-state index in [0.29, 0.717) is 5.92 Å². The van der Waals surface area contributed by atoms with Gasteiger partial charge < -0.3 is 23.8 Å². The molecule has 2 saturated heterocycles. The van der Waals surface area contributed by atoms with Gasteiger partial charge in [0.15, 0.2) is 0 Å². The Hall–Kier alpha value is -1.97. The highest BCUT2D eigenvalue weighted by molar-refractivity contribution is 7.98. The summed E-state index contributed by atoms with van der Waals surface area (Å²) in [4.78, 5) is 19.3. The number of anilines is 1. The predicted octanol–water partition coefficient (Wildman–Crippen LogP) is 4.50. The Morgan fingerprint density at radius 1 is 1.20 bits per heavy atom. The summed E-state index contributed by atoms with van der Waals surface area (Å²) in [5, 5.41) is 2.99. The van der Waals surface area contributed by atoms with Crippen molar-refractivity contribution >= 4 is 34.9 Å². The Kier molecular flexibility index (Phi) is 8.18. The van der Waals surface area contributed by atoms with Gasteiger partial charge in [-0.2, -0.15) is 0 Å². The number of imidazole rings is 1. The van der Waals surface area contributed by atoms with Gasteiger partial charge in [0.1, 0.15) is 5.82 Å². The first-order valence-corrected chi connectivity index (χ1v) is 13.7. The molecule has 35 heavy (non-hydrogen) atoms. The van der Waals surface area contributed by atoms with Crippen molar-refractivity contribution in [3.63, 3.8) is 0 Å².